The van der Waals surface area contributed by atoms with Crippen LogP contribution in [0.2, 0.25) is 0 Å². The highest BCUT2D eigenvalue weighted by atomic mass is 16.5. The van der Waals surface area contributed by atoms with Gasteiger partial charge in [0.2, 0.25) is 0 Å². The lowest BCUT2D eigenvalue weighted by Crippen LogP contribution is -2.57. The molecule has 2 unspecified atom stereocenters. The van der Waals surface area contributed by atoms with E-state index >= 15 is 0 Å². The first kappa shape index (κ1) is 15.3. The summed E-state index contributed by atoms with van der Waals surface area (Å²) in [5.41, 5.74) is 5.08. The van der Waals surface area contributed by atoms with Crippen LogP contribution in [0, 0.1) is 5.92 Å². The van der Waals surface area contributed by atoms with Crippen LogP contribution in [0.25, 0.3) is 0 Å². The second-order valence-corrected chi connectivity index (χ2v) is 5.74. The van der Waals surface area contributed by atoms with Crippen LogP contribution in [0.15, 0.2) is 0 Å². The molecule has 6 heteroatoms. The molecule has 0 bridgehead atoms. The molecule has 1 spiro atoms. The van der Waals surface area contributed by atoms with E-state index in [4.69, 9.17) is 10.5 Å². The number of carbonyl (C=O) groups excluding carboxylic acids is 2. The minimum atomic E-state index is -0.731. The number of methoxy groups -OCH3 is 1. The van der Waals surface area contributed by atoms with Crippen molar-refractivity contribution in [2.75, 3.05) is 26.8 Å². The van der Waals surface area contributed by atoms with Gasteiger partial charge in [-0.05, 0) is 32.2 Å². The van der Waals surface area contributed by atoms with Crippen LogP contribution in [0.1, 0.15) is 38.5 Å². The standard InChI is InChI=1S/C14H25N3O3/c1-20-9-5-4-8-17-12(18)14(16-13(17)19)7-3-2-6-11(14)10-15/h11H,2-10,15H2,1H3,(H,16,19). The maximum Gasteiger partial charge on any atom is 0.325 e. The molecule has 1 saturated carbocycles. The molecule has 0 radical (unpaired) electrons. The van der Waals surface area contributed by atoms with Crippen LogP contribution in [0.3, 0.4) is 0 Å². The van der Waals surface area contributed by atoms with Crippen molar-refractivity contribution in [3.05, 3.63) is 0 Å². The fourth-order valence-corrected chi connectivity index (χ4v) is 3.37. The molecule has 114 valence electrons. The zero-order valence-corrected chi connectivity index (χ0v) is 12.2. The highest BCUT2D eigenvalue weighted by molar-refractivity contribution is 6.07. The van der Waals surface area contributed by atoms with E-state index in [1.807, 2.05) is 0 Å². The highest BCUT2D eigenvalue weighted by Crippen LogP contribution is 2.38. The number of ether oxygens (including phenoxy) is 1. The van der Waals surface area contributed by atoms with Gasteiger partial charge in [-0.15, -0.1) is 0 Å². The quantitative estimate of drug-likeness (QED) is 0.559. The summed E-state index contributed by atoms with van der Waals surface area (Å²) in [7, 11) is 1.65. The lowest BCUT2D eigenvalue weighted by atomic mass is 9.72. The molecule has 20 heavy (non-hydrogen) atoms. The third kappa shape index (κ3) is 2.67. The predicted molar refractivity (Wildman–Crippen MR) is 75.1 cm³/mol. The largest absolute Gasteiger partial charge is 0.385 e. The Labute approximate surface area is 120 Å². The molecule has 0 aromatic heterocycles. The highest BCUT2D eigenvalue weighted by Gasteiger charge is 2.55. The second-order valence-electron chi connectivity index (χ2n) is 5.74. The fraction of sp³-hybridized carbons (Fsp3) is 0.857. The van der Waals surface area contributed by atoms with Crippen molar-refractivity contribution in [1.29, 1.82) is 0 Å². The molecule has 1 saturated heterocycles. The number of imide groups is 1. The zero-order valence-electron chi connectivity index (χ0n) is 12.2. The van der Waals surface area contributed by atoms with Gasteiger partial charge in [-0.25, -0.2) is 4.79 Å². The van der Waals surface area contributed by atoms with Crippen molar-refractivity contribution in [1.82, 2.24) is 10.2 Å². The van der Waals surface area contributed by atoms with Crippen LogP contribution in [0.4, 0.5) is 4.79 Å². The molecule has 0 aromatic carbocycles. The molecule has 3 N–H and O–H groups in total. The van der Waals surface area contributed by atoms with Gasteiger partial charge in [0.15, 0.2) is 0 Å². The molecule has 1 aliphatic carbocycles. The topological polar surface area (TPSA) is 84.7 Å². The zero-order chi connectivity index (χ0) is 14.6. The van der Waals surface area contributed by atoms with E-state index in [2.05, 4.69) is 5.32 Å². The molecule has 2 aliphatic rings. The lowest BCUT2D eigenvalue weighted by molar-refractivity contribution is -0.134. The van der Waals surface area contributed by atoms with Gasteiger partial charge < -0.3 is 15.8 Å². The van der Waals surface area contributed by atoms with E-state index < -0.39 is 5.54 Å². The van der Waals surface area contributed by atoms with Gasteiger partial charge in [-0.3, -0.25) is 9.69 Å². The molecule has 3 amide bonds. The molecule has 1 heterocycles. The Hall–Kier alpha value is -1.14. The normalized spacial score (nSPS) is 30.1. The van der Waals surface area contributed by atoms with E-state index in [1.165, 1.54) is 4.90 Å². The molecule has 0 aromatic rings. The summed E-state index contributed by atoms with van der Waals surface area (Å²) in [4.78, 5) is 26.2. The first-order valence-electron chi connectivity index (χ1n) is 7.49. The van der Waals surface area contributed by atoms with Gasteiger partial charge in [0, 0.05) is 26.2 Å². The number of nitrogens with one attached hydrogen (secondary N) is 1. The van der Waals surface area contributed by atoms with Crippen LogP contribution >= 0.6 is 0 Å². The third-order valence-electron chi connectivity index (χ3n) is 4.54. The Morgan fingerprint density at radius 2 is 2.20 bits per heavy atom. The second kappa shape index (κ2) is 6.54. The summed E-state index contributed by atoms with van der Waals surface area (Å²) in [5, 5.41) is 2.94. The fourth-order valence-electron chi connectivity index (χ4n) is 3.37. The number of nitrogens with two attached hydrogens (primary N) is 1. The number of urea groups is 1. The summed E-state index contributed by atoms with van der Waals surface area (Å²) in [5.74, 6) is -0.00765. The van der Waals surface area contributed by atoms with Crippen molar-refractivity contribution in [2.24, 2.45) is 11.7 Å². The van der Waals surface area contributed by atoms with Crippen molar-refractivity contribution in [3.8, 4) is 0 Å². The van der Waals surface area contributed by atoms with E-state index in [9.17, 15) is 9.59 Å². The molecule has 2 atom stereocenters. The number of amides is 3. The smallest absolute Gasteiger partial charge is 0.325 e. The molecular formula is C14H25N3O3. The SMILES string of the molecule is COCCCCN1C(=O)NC2(CCCCC2CN)C1=O. The molecule has 1 aliphatic heterocycles. The molecule has 2 rings (SSSR count). The minimum Gasteiger partial charge on any atom is -0.385 e. The van der Waals surface area contributed by atoms with Gasteiger partial charge in [-0.1, -0.05) is 12.8 Å². The summed E-state index contributed by atoms with van der Waals surface area (Å²) in [6.07, 6.45) is 5.31. The molecule has 6 nitrogen and oxygen atoms in total. The van der Waals surface area contributed by atoms with Crippen molar-refractivity contribution >= 4 is 11.9 Å². The van der Waals surface area contributed by atoms with Gasteiger partial charge in [0.25, 0.3) is 5.91 Å². The summed E-state index contributed by atoms with van der Waals surface area (Å²) >= 11 is 0. The Kier molecular flexibility index (Phi) is 4.99. The van der Waals surface area contributed by atoms with E-state index in [-0.39, 0.29) is 17.9 Å². The maximum atomic E-state index is 12.7. The number of rotatable bonds is 6. The number of carbonyl (C=O) groups is 2. The van der Waals surface area contributed by atoms with Crippen LogP contribution in [-0.4, -0.2) is 49.2 Å². The Morgan fingerprint density at radius 1 is 1.40 bits per heavy atom. The van der Waals surface area contributed by atoms with E-state index in [0.29, 0.717) is 26.1 Å². The summed E-state index contributed by atoms with van der Waals surface area (Å²) < 4.78 is 4.98. The van der Waals surface area contributed by atoms with E-state index in [0.717, 1.165) is 32.1 Å². The Balaban J connectivity index is 2.03. The average Bonchev–Trinajstić information content (AvgIpc) is 2.68. The Bertz CT molecular complexity index is 375. The lowest BCUT2D eigenvalue weighted by Gasteiger charge is -2.38. The molecule has 2 fully saturated rings. The van der Waals surface area contributed by atoms with Gasteiger partial charge >= 0.3 is 6.03 Å². The predicted octanol–water partition coefficient (Wildman–Crippen LogP) is 0.853. The average molecular weight is 283 g/mol. The van der Waals surface area contributed by atoms with Crippen molar-refractivity contribution in [3.63, 3.8) is 0 Å². The number of hydrogen-bond acceptors (Lipinski definition) is 4. The number of hydrogen-bond donors (Lipinski definition) is 2. The first-order chi connectivity index (χ1) is 9.65. The summed E-state index contributed by atoms with van der Waals surface area (Å²) in [6, 6.07) is -0.257. The number of unbranched alkanes of at least 4 members (excludes halogenated alkanes) is 1. The van der Waals surface area contributed by atoms with Crippen molar-refractivity contribution in [2.45, 2.75) is 44.1 Å². The number of nitrogens with zero attached hydrogens (tertiary/aromatic N) is 1. The third-order valence-corrected chi connectivity index (χ3v) is 4.54. The van der Waals surface area contributed by atoms with E-state index in [1.54, 1.807) is 7.11 Å². The van der Waals surface area contributed by atoms with Gasteiger partial charge in [0.05, 0.1) is 0 Å². The van der Waals surface area contributed by atoms with Crippen LogP contribution in [-0.2, 0) is 9.53 Å². The monoisotopic (exact) mass is 283 g/mol. The minimum absolute atomic E-state index is 0.0664. The summed E-state index contributed by atoms with van der Waals surface area (Å²) in [6.45, 7) is 1.57. The van der Waals surface area contributed by atoms with Gasteiger partial charge in [0.1, 0.15) is 5.54 Å². The van der Waals surface area contributed by atoms with Crippen molar-refractivity contribution < 1.29 is 14.3 Å². The first-order valence-corrected chi connectivity index (χ1v) is 7.49. The molecular weight excluding hydrogens is 258 g/mol. The maximum absolute atomic E-state index is 12.7. The van der Waals surface area contributed by atoms with Crippen LogP contribution in [0.5, 0.6) is 0 Å². The Morgan fingerprint density at radius 3 is 2.90 bits per heavy atom. The van der Waals surface area contributed by atoms with Crippen LogP contribution < -0.4 is 11.1 Å². The van der Waals surface area contributed by atoms with Gasteiger partial charge in [-0.2, -0.15) is 0 Å².